The van der Waals surface area contributed by atoms with E-state index in [2.05, 4.69) is 9.89 Å². The van der Waals surface area contributed by atoms with Crippen molar-refractivity contribution in [1.29, 1.82) is 0 Å². The lowest BCUT2D eigenvalue weighted by Gasteiger charge is -2.18. The topological polar surface area (TPSA) is 68.2 Å². The van der Waals surface area contributed by atoms with Crippen molar-refractivity contribution in [1.82, 2.24) is 4.31 Å². The molecule has 0 fully saturated rings. The summed E-state index contributed by atoms with van der Waals surface area (Å²) >= 11 is 18.4. The van der Waals surface area contributed by atoms with Gasteiger partial charge in [0.15, 0.2) is 0 Å². The van der Waals surface area contributed by atoms with Crippen LogP contribution in [0.4, 0.5) is 4.79 Å². The summed E-state index contributed by atoms with van der Waals surface area (Å²) in [5, 5.41) is 4.21. The minimum Gasteiger partial charge on any atom is -0.468 e. The number of halogens is 3. The highest BCUT2D eigenvalue weighted by atomic mass is 35.6. The summed E-state index contributed by atoms with van der Waals surface area (Å²) in [5.41, 5.74) is 0. The number of rotatable bonds is 6. The molecule has 11 heteroatoms. The fourth-order valence-electron chi connectivity index (χ4n) is 0.899. The number of hydrogen-bond donors (Lipinski definition) is 0. The maximum absolute atomic E-state index is 11.6. The standard InChI is InChI=1S/C10H15Cl3N2O4S2/c1-4-5-7(20-6-8(16)18-3)14-19-9(17)15(2)21-10(11,12)13/h4-6H2,1-3H3. The monoisotopic (exact) mass is 396 g/mol. The second kappa shape index (κ2) is 10.7. The van der Waals surface area contributed by atoms with Crippen LogP contribution in [0.25, 0.3) is 0 Å². The molecule has 0 atom stereocenters. The van der Waals surface area contributed by atoms with Gasteiger partial charge in [0, 0.05) is 19.0 Å². The molecule has 0 spiro atoms. The number of ether oxygens (including phenoxy) is 1. The van der Waals surface area contributed by atoms with Crippen molar-refractivity contribution >= 4 is 75.6 Å². The number of thioether (sulfide) groups is 1. The molecule has 122 valence electrons. The lowest BCUT2D eigenvalue weighted by Crippen LogP contribution is -2.22. The smallest absolute Gasteiger partial charge is 0.445 e. The Balaban J connectivity index is 4.47. The zero-order valence-corrected chi connectivity index (χ0v) is 15.5. The molecular formula is C10H15Cl3N2O4S2. The molecule has 21 heavy (non-hydrogen) atoms. The van der Waals surface area contributed by atoms with E-state index in [0.717, 1.165) is 22.5 Å². The van der Waals surface area contributed by atoms with Crippen molar-refractivity contribution in [2.45, 2.75) is 22.9 Å². The Morgan fingerprint density at radius 1 is 1.33 bits per heavy atom. The van der Waals surface area contributed by atoms with Gasteiger partial charge in [-0.1, -0.05) is 58.6 Å². The Hall–Kier alpha value is -0.0200. The molecule has 0 aromatic heterocycles. The van der Waals surface area contributed by atoms with Gasteiger partial charge in [0.05, 0.1) is 12.9 Å². The molecule has 6 nitrogen and oxygen atoms in total. The van der Waals surface area contributed by atoms with Crippen LogP contribution in [0, 0.1) is 0 Å². The van der Waals surface area contributed by atoms with Crippen molar-refractivity contribution in [3.63, 3.8) is 0 Å². The molecule has 0 aliphatic heterocycles. The highest BCUT2D eigenvalue weighted by Crippen LogP contribution is 2.40. The molecule has 1 amide bonds. The Kier molecular flexibility index (Phi) is 10.7. The van der Waals surface area contributed by atoms with E-state index in [1.54, 1.807) is 0 Å². The van der Waals surface area contributed by atoms with E-state index >= 15 is 0 Å². The van der Waals surface area contributed by atoms with Gasteiger partial charge in [-0.25, -0.2) is 9.10 Å². The summed E-state index contributed by atoms with van der Waals surface area (Å²) in [6.45, 7) is 1.93. The van der Waals surface area contributed by atoms with Gasteiger partial charge >= 0.3 is 12.1 Å². The Morgan fingerprint density at radius 3 is 2.43 bits per heavy atom. The number of carbonyl (C=O) groups excluding carboxylic acids is 2. The van der Waals surface area contributed by atoms with Crippen molar-refractivity contribution in [3.05, 3.63) is 0 Å². The van der Waals surface area contributed by atoms with E-state index in [-0.39, 0.29) is 11.7 Å². The summed E-state index contributed by atoms with van der Waals surface area (Å²) in [6, 6.07) is 0. The third-order valence-electron chi connectivity index (χ3n) is 1.77. The highest BCUT2D eigenvalue weighted by Gasteiger charge is 2.27. The van der Waals surface area contributed by atoms with Crippen molar-refractivity contribution < 1.29 is 19.2 Å². The highest BCUT2D eigenvalue weighted by molar-refractivity contribution is 8.14. The maximum atomic E-state index is 11.6. The van der Waals surface area contributed by atoms with Gasteiger partial charge in [-0.15, -0.1) is 0 Å². The average molecular weight is 398 g/mol. The number of oxime groups is 1. The number of methoxy groups -OCH3 is 1. The number of hydrogen-bond acceptors (Lipinski definition) is 7. The van der Waals surface area contributed by atoms with Crippen LogP contribution in [-0.2, 0) is 14.4 Å². The first-order chi connectivity index (χ1) is 9.69. The molecule has 0 unspecified atom stereocenters. The number of alkyl halides is 3. The van der Waals surface area contributed by atoms with Crippen LogP contribution in [0.15, 0.2) is 5.16 Å². The normalized spacial score (nSPS) is 12.0. The maximum Gasteiger partial charge on any atom is 0.445 e. The van der Waals surface area contributed by atoms with Crippen LogP contribution in [0.3, 0.4) is 0 Å². The van der Waals surface area contributed by atoms with E-state index in [1.807, 2.05) is 6.92 Å². The number of amides is 1. The molecule has 0 saturated carbocycles. The lowest BCUT2D eigenvalue weighted by molar-refractivity contribution is -0.137. The minimum atomic E-state index is -1.68. The average Bonchev–Trinajstić information content (AvgIpc) is 2.39. The molecule has 0 rings (SSSR count). The fraction of sp³-hybridized carbons (Fsp3) is 0.700. The third-order valence-corrected chi connectivity index (χ3v) is 4.01. The first-order valence-corrected chi connectivity index (χ1v) is 8.56. The van der Waals surface area contributed by atoms with Gasteiger partial charge in [-0.2, -0.15) is 0 Å². The molecular weight excluding hydrogens is 383 g/mol. The molecule has 0 aromatic rings. The van der Waals surface area contributed by atoms with E-state index in [9.17, 15) is 9.59 Å². The predicted octanol–water partition coefficient (Wildman–Crippen LogP) is 4.05. The van der Waals surface area contributed by atoms with E-state index in [1.165, 1.54) is 14.2 Å². The van der Waals surface area contributed by atoms with E-state index in [4.69, 9.17) is 39.6 Å². The summed E-state index contributed by atoms with van der Waals surface area (Å²) in [6.07, 6.45) is 0.554. The third kappa shape index (κ3) is 11.2. The zero-order valence-electron chi connectivity index (χ0n) is 11.6. The largest absolute Gasteiger partial charge is 0.468 e. The van der Waals surface area contributed by atoms with Crippen LogP contribution in [0.1, 0.15) is 19.8 Å². The van der Waals surface area contributed by atoms with Gasteiger partial charge in [0.1, 0.15) is 5.04 Å². The SMILES string of the molecule is CCCC(=NOC(=O)N(C)SC(Cl)(Cl)Cl)SCC(=O)OC. The second-order valence-corrected chi connectivity index (χ2v) is 8.84. The molecule has 0 aliphatic rings. The molecule has 0 heterocycles. The van der Waals surface area contributed by atoms with Gasteiger partial charge in [-0.3, -0.25) is 9.63 Å². The lowest BCUT2D eigenvalue weighted by atomic mass is 10.4. The first kappa shape index (κ1) is 21.0. The van der Waals surface area contributed by atoms with Crippen molar-refractivity contribution in [3.8, 4) is 0 Å². The summed E-state index contributed by atoms with van der Waals surface area (Å²) < 4.78 is 3.85. The van der Waals surface area contributed by atoms with Gasteiger partial charge in [-0.05, 0) is 12.8 Å². The van der Waals surface area contributed by atoms with Crippen LogP contribution in [-0.4, -0.2) is 44.4 Å². The minimum absolute atomic E-state index is 0.0889. The van der Waals surface area contributed by atoms with Crippen LogP contribution in [0.2, 0.25) is 0 Å². The van der Waals surface area contributed by atoms with E-state index < -0.39 is 9.22 Å². The summed E-state index contributed by atoms with van der Waals surface area (Å²) in [5.74, 6) is -0.301. The molecule has 0 N–H and O–H groups in total. The number of carbonyl (C=O) groups is 2. The fourth-order valence-corrected chi connectivity index (χ4v) is 3.09. The van der Waals surface area contributed by atoms with Crippen LogP contribution < -0.4 is 0 Å². The Bertz CT molecular complexity index is 391. The molecule has 0 radical (unpaired) electrons. The molecule has 0 bridgehead atoms. The zero-order chi connectivity index (χ0) is 16.5. The molecule has 0 aliphatic carbocycles. The van der Waals surface area contributed by atoms with Gasteiger partial charge < -0.3 is 4.74 Å². The quantitative estimate of drug-likeness (QED) is 0.128. The van der Waals surface area contributed by atoms with E-state index in [0.29, 0.717) is 23.4 Å². The Morgan fingerprint density at radius 2 is 1.95 bits per heavy atom. The number of esters is 1. The second-order valence-electron chi connectivity index (χ2n) is 3.49. The van der Waals surface area contributed by atoms with Crippen molar-refractivity contribution in [2.75, 3.05) is 19.9 Å². The van der Waals surface area contributed by atoms with Gasteiger partial charge in [0.25, 0.3) is 3.12 Å². The van der Waals surface area contributed by atoms with Crippen molar-refractivity contribution in [2.24, 2.45) is 5.16 Å². The first-order valence-electron chi connectivity index (χ1n) is 5.66. The predicted molar refractivity (Wildman–Crippen MR) is 88.9 cm³/mol. The molecule has 0 saturated heterocycles. The number of nitrogens with zero attached hydrogens (tertiary/aromatic N) is 2. The van der Waals surface area contributed by atoms with Crippen LogP contribution >= 0.6 is 58.5 Å². The Labute approximate surface area is 146 Å². The summed E-state index contributed by atoms with van der Waals surface area (Å²) in [7, 11) is 2.67. The van der Waals surface area contributed by atoms with Gasteiger partial charge in [0.2, 0.25) is 0 Å². The summed E-state index contributed by atoms with van der Waals surface area (Å²) in [4.78, 5) is 27.4. The van der Waals surface area contributed by atoms with Crippen LogP contribution in [0.5, 0.6) is 0 Å². The molecule has 0 aromatic carbocycles.